The van der Waals surface area contributed by atoms with Crippen LogP contribution >= 0.6 is 12.2 Å². The van der Waals surface area contributed by atoms with Crippen molar-refractivity contribution in [3.05, 3.63) is 12.2 Å². The van der Waals surface area contributed by atoms with Crippen LogP contribution in [0.25, 0.3) is 0 Å². The van der Waals surface area contributed by atoms with E-state index in [4.69, 9.17) is 5.73 Å². The summed E-state index contributed by atoms with van der Waals surface area (Å²) in [5.41, 5.74) is 5.22. The lowest BCUT2D eigenvalue weighted by Gasteiger charge is -2.01. The van der Waals surface area contributed by atoms with Gasteiger partial charge in [0.2, 0.25) is 5.91 Å². The summed E-state index contributed by atoms with van der Waals surface area (Å²) in [5.74, 6) is 0.534. The molecular formula is C8H13N5OS. The highest BCUT2D eigenvalue weighted by Crippen LogP contribution is 1.88. The highest BCUT2D eigenvalue weighted by atomic mass is 32.1. The summed E-state index contributed by atoms with van der Waals surface area (Å²) in [6.45, 7) is 0.492. The Bertz CT molecular complexity index is 362. The Hall–Kier alpha value is -1.50. The number of nitrogens with one attached hydrogen (secondary N) is 1. The van der Waals surface area contributed by atoms with E-state index in [9.17, 15) is 4.79 Å². The molecule has 0 aromatic carbocycles. The molecule has 0 fully saturated rings. The molecule has 1 rings (SSSR count). The van der Waals surface area contributed by atoms with E-state index in [1.807, 2.05) is 0 Å². The van der Waals surface area contributed by atoms with E-state index >= 15 is 0 Å². The fourth-order valence-corrected chi connectivity index (χ4v) is 1.16. The van der Waals surface area contributed by atoms with Gasteiger partial charge in [-0.05, 0) is 0 Å². The van der Waals surface area contributed by atoms with Gasteiger partial charge in [-0.2, -0.15) is 5.10 Å². The van der Waals surface area contributed by atoms with Crippen LogP contribution in [0.1, 0.15) is 12.2 Å². The summed E-state index contributed by atoms with van der Waals surface area (Å²) in [6, 6.07) is 0. The fourth-order valence-electron chi connectivity index (χ4n) is 1.03. The first-order valence-corrected chi connectivity index (χ1v) is 4.88. The third kappa shape index (κ3) is 4.50. The molecule has 15 heavy (non-hydrogen) atoms. The van der Waals surface area contributed by atoms with Crippen LogP contribution in [-0.2, 0) is 18.3 Å². The lowest BCUT2D eigenvalue weighted by atomic mass is 10.3. The average molecular weight is 227 g/mol. The van der Waals surface area contributed by atoms with Crippen molar-refractivity contribution in [1.29, 1.82) is 0 Å². The van der Waals surface area contributed by atoms with Gasteiger partial charge in [-0.3, -0.25) is 9.48 Å². The third-order valence-corrected chi connectivity index (χ3v) is 1.80. The Kier molecular flexibility index (Phi) is 4.17. The van der Waals surface area contributed by atoms with Gasteiger partial charge in [-0.25, -0.2) is 4.98 Å². The van der Waals surface area contributed by atoms with Gasteiger partial charge < -0.3 is 11.1 Å². The molecule has 0 spiro atoms. The third-order valence-electron chi connectivity index (χ3n) is 1.65. The van der Waals surface area contributed by atoms with Crippen molar-refractivity contribution in [1.82, 2.24) is 20.1 Å². The predicted molar refractivity (Wildman–Crippen MR) is 59.1 cm³/mol. The van der Waals surface area contributed by atoms with Crippen molar-refractivity contribution in [2.45, 2.75) is 12.8 Å². The molecule has 82 valence electrons. The molecular weight excluding hydrogens is 214 g/mol. The highest BCUT2D eigenvalue weighted by molar-refractivity contribution is 7.80. The molecule has 0 saturated heterocycles. The molecule has 1 amide bonds. The Morgan fingerprint density at radius 2 is 2.47 bits per heavy atom. The summed E-state index contributed by atoms with van der Waals surface area (Å²) >= 11 is 4.61. The topological polar surface area (TPSA) is 85.8 Å². The molecule has 0 bridgehead atoms. The molecule has 0 unspecified atom stereocenters. The number of amides is 1. The molecule has 0 radical (unpaired) electrons. The van der Waals surface area contributed by atoms with Gasteiger partial charge in [0, 0.05) is 20.0 Å². The maximum atomic E-state index is 11.1. The SMILES string of the molecule is Cn1cnc(CCNC(=O)CC(N)=S)n1. The van der Waals surface area contributed by atoms with Gasteiger partial charge in [-0.1, -0.05) is 12.2 Å². The lowest BCUT2D eigenvalue weighted by molar-refractivity contribution is -0.119. The smallest absolute Gasteiger partial charge is 0.226 e. The van der Waals surface area contributed by atoms with Gasteiger partial charge in [0.05, 0.1) is 11.4 Å². The molecule has 0 aliphatic heterocycles. The van der Waals surface area contributed by atoms with E-state index < -0.39 is 0 Å². The van der Waals surface area contributed by atoms with Gasteiger partial charge in [0.25, 0.3) is 0 Å². The standard InChI is InChI=1S/C8H13N5OS/c1-13-5-11-7(12-13)2-3-10-8(14)4-6(9)15/h5H,2-4H2,1H3,(H2,9,15)(H,10,14). The Labute approximate surface area is 92.9 Å². The molecule has 1 aromatic rings. The number of nitrogens with zero attached hydrogens (tertiary/aromatic N) is 3. The number of carbonyl (C=O) groups excluding carboxylic acids is 1. The van der Waals surface area contributed by atoms with Crippen molar-refractivity contribution in [3.63, 3.8) is 0 Å². The number of aromatic nitrogens is 3. The fraction of sp³-hybridized carbons (Fsp3) is 0.500. The zero-order valence-corrected chi connectivity index (χ0v) is 9.25. The van der Waals surface area contributed by atoms with Crippen LogP contribution in [0, 0.1) is 0 Å². The van der Waals surface area contributed by atoms with Crippen LogP contribution < -0.4 is 11.1 Å². The zero-order chi connectivity index (χ0) is 11.3. The number of aryl methyl sites for hydroxylation is 1. The summed E-state index contributed by atoms with van der Waals surface area (Å²) in [7, 11) is 1.79. The number of hydrogen-bond acceptors (Lipinski definition) is 4. The van der Waals surface area contributed by atoms with Gasteiger partial charge in [0.15, 0.2) is 5.82 Å². The molecule has 0 aliphatic rings. The van der Waals surface area contributed by atoms with Crippen molar-refractivity contribution >= 4 is 23.1 Å². The summed E-state index contributed by atoms with van der Waals surface area (Å²) < 4.78 is 1.62. The van der Waals surface area contributed by atoms with Crippen LogP contribution in [0.15, 0.2) is 6.33 Å². The minimum absolute atomic E-state index is 0.0883. The van der Waals surface area contributed by atoms with Crippen LogP contribution in [0.4, 0.5) is 0 Å². The van der Waals surface area contributed by atoms with Gasteiger partial charge in [0.1, 0.15) is 6.33 Å². The maximum absolute atomic E-state index is 11.1. The molecule has 0 atom stereocenters. The van der Waals surface area contributed by atoms with E-state index in [2.05, 4.69) is 27.6 Å². The first-order chi connectivity index (χ1) is 7.08. The van der Waals surface area contributed by atoms with Crippen molar-refractivity contribution in [2.75, 3.05) is 6.54 Å². The molecule has 3 N–H and O–H groups in total. The van der Waals surface area contributed by atoms with Crippen LogP contribution in [0.2, 0.25) is 0 Å². The summed E-state index contributed by atoms with van der Waals surface area (Å²) in [5, 5.41) is 6.75. The van der Waals surface area contributed by atoms with Crippen LogP contribution in [0.3, 0.4) is 0 Å². The predicted octanol–water partition coefficient (Wildman–Crippen LogP) is -0.850. The average Bonchev–Trinajstić information content (AvgIpc) is 2.50. The number of nitrogens with two attached hydrogens (primary N) is 1. The second-order valence-electron chi connectivity index (χ2n) is 3.08. The normalized spacial score (nSPS) is 9.93. The van der Waals surface area contributed by atoms with Gasteiger partial charge >= 0.3 is 0 Å². The Morgan fingerprint density at radius 3 is 3.00 bits per heavy atom. The largest absolute Gasteiger partial charge is 0.393 e. The van der Waals surface area contributed by atoms with Gasteiger partial charge in [-0.15, -0.1) is 0 Å². The monoisotopic (exact) mass is 227 g/mol. The minimum atomic E-state index is -0.168. The van der Waals surface area contributed by atoms with E-state index in [0.717, 1.165) is 0 Å². The van der Waals surface area contributed by atoms with Crippen LogP contribution in [0.5, 0.6) is 0 Å². The first kappa shape index (κ1) is 11.6. The molecule has 1 aromatic heterocycles. The zero-order valence-electron chi connectivity index (χ0n) is 8.43. The van der Waals surface area contributed by atoms with E-state index in [0.29, 0.717) is 18.8 Å². The lowest BCUT2D eigenvalue weighted by Crippen LogP contribution is -2.29. The Morgan fingerprint density at radius 1 is 1.73 bits per heavy atom. The number of rotatable bonds is 5. The first-order valence-electron chi connectivity index (χ1n) is 4.47. The number of hydrogen-bond donors (Lipinski definition) is 2. The number of carbonyl (C=O) groups is 1. The molecule has 1 heterocycles. The van der Waals surface area contributed by atoms with E-state index in [1.165, 1.54) is 0 Å². The van der Waals surface area contributed by atoms with E-state index in [1.54, 1.807) is 18.1 Å². The minimum Gasteiger partial charge on any atom is -0.393 e. The molecule has 6 nitrogen and oxygen atoms in total. The van der Waals surface area contributed by atoms with E-state index in [-0.39, 0.29) is 17.3 Å². The summed E-state index contributed by atoms with van der Waals surface area (Å²) in [4.78, 5) is 15.3. The molecule has 0 saturated carbocycles. The second kappa shape index (κ2) is 5.40. The van der Waals surface area contributed by atoms with Crippen molar-refractivity contribution in [2.24, 2.45) is 12.8 Å². The van der Waals surface area contributed by atoms with Crippen molar-refractivity contribution in [3.8, 4) is 0 Å². The summed E-state index contributed by atoms with van der Waals surface area (Å²) in [6.07, 6.45) is 2.31. The van der Waals surface area contributed by atoms with Crippen molar-refractivity contribution < 1.29 is 4.79 Å². The quantitative estimate of drug-likeness (QED) is 0.640. The molecule has 7 heteroatoms. The second-order valence-corrected chi connectivity index (χ2v) is 3.60. The maximum Gasteiger partial charge on any atom is 0.226 e. The Balaban J connectivity index is 2.22. The van der Waals surface area contributed by atoms with Crippen LogP contribution in [-0.4, -0.2) is 32.2 Å². The highest BCUT2D eigenvalue weighted by Gasteiger charge is 2.03. The number of thiocarbonyl (C=S) groups is 1. The molecule has 0 aliphatic carbocycles.